The summed E-state index contributed by atoms with van der Waals surface area (Å²) in [5.41, 5.74) is 0.379. The maximum absolute atomic E-state index is 4.18. The van der Waals surface area contributed by atoms with Crippen molar-refractivity contribution in [2.75, 3.05) is 11.1 Å². The number of halogens is 1. The molecule has 0 spiro atoms. The summed E-state index contributed by atoms with van der Waals surface area (Å²) in [6, 6.07) is 0. The number of hydrogen-bond donors (Lipinski definition) is 0. The topological polar surface area (TPSA) is 30.7 Å². The van der Waals surface area contributed by atoms with Gasteiger partial charge in [-0.1, -0.05) is 41.5 Å². The Balaban J connectivity index is 2.66. The first-order chi connectivity index (χ1) is 7.58. The normalized spacial score (nSPS) is 12.1. The van der Waals surface area contributed by atoms with Crippen LogP contribution in [0.5, 0.6) is 0 Å². The van der Waals surface area contributed by atoms with Gasteiger partial charge in [0.2, 0.25) is 0 Å². The summed E-state index contributed by atoms with van der Waals surface area (Å²) in [6.45, 7) is 6.49. The van der Waals surface area contributed by atoms with Gasteiger partial charge >= 0.3 is 0 Å². The van der Waals surface area contributed by atoms with Crippen LogP contribution in [0.2, 0.25) is 0 Å². The fourth-order valence-corrected chi connectivity index (χ4v) is 4.04. The van der Waals surface area contributed by atoms with Crippen LogP contribution < -0.4 is 0 Å². The summed E-state index contributed by atoms with van der Waals surface area (Å²) in [7, 11) is 2.02. The van der Waals surface area contributed by atoms with Crippen LogP contribution in [-0.2, 0) is 7.05 Å². The van der Waals surface area contributed by atoms with Crippen molar-refractivity contribution in [2.45, 2.75) is 38.8 Å². The molecule has 1 heterocycles. The van der Waals surface area contributed by atoms with Crippen LogP contribution in [0.3, 0.4) is 0 Å². The monoisotopic (exact) mass is 305 g/mol. The minimum absolute atomic E-state index is 0.379. The minimum atomic E-state index is 0.379. The average Bonchev–Trinajstić information content (AvgIpc) is 2.63. The molecule has 0 aliphatic carbocycles. The Morgan fingerprint density at radius 3 is 2.31 bits per heavy atom. The highest BCUT2D eigenvalue weighted by Crippen LogP contribution is 2.34. The van der Waals surface area contributed by atoms with Crippen molar-refractivity contribution in [1.29, 1.82) is 0 Å². The molecule has 0 atom stereocenters. The Bertz CT molecular complexity index is 326. The Morgan fingerprint density at radius 2 is 1.94 bits per heavy atom. The SMILES string of the molecule is CCC(CC)(CBr)CSc1nnc(C)n1C. The van der Waals surface area contributed by atoms with E-state index in [1.165, 1.54) is 12.8 Å². The highest BCUT2D eigenvalue weighted by molar-refractivity contribution is 9.09. The van der Waals surface area contributed by atoms with Gasteiger partial charge in [0.1, 0.15) is 5.82 Å². The quantitative estimate of drug-likeness (QED) is 0.596. The van der Waals surface area contributed by atoms with Gasteiger partial charge < -0.3 is 4.57 Å². The zero-order valence-corrected chi connectivity index (χ0v) is 12.9. The molecule has 0 aliphatic rings. The first kappa shape index (κ1) is 14.0. The molecule has 0 radical (unpaired) electrons. The van der Waals surface area contributed by atoms with Crippen molar-refractivity contribution in [2.24, 2.45) is 12.5 Å². The van der Waals surface area contributed by atoms with Gasteiger partial charge in [-0.3, -0.25) is 0 Å². The van der Waals surface area contributed by atoms with Crippen molar-refractivity contribution in [3.8, 4) is 0 Å². The second-order valence-corrected chi connectivity index (χ2v) is 5.72. The minimum Gasteiger partial charge on any atom is -0.309 e. The van der Waals surface area contributed by atoms with Gasteiger partial charge in [-0.25, -0.2) is 0 Å². The molecular formula is C11H20BrN3S. The van der Waals surface area contributed by atoms with Crippen LogP contribution in [0, 0.1) is 12.3 Å². The molecule has 0 saturated carbocycles. The van der Waals surface area contributed by atoms with E-state index in [1.807, 2.05) is 25.7 Å². The molecule has 0 bridgehead atoms. The predicted octanol–water partition coefficient (Wildman–Crippen LogP) is 3.42. The smallest absolute Gasteiger partial charge is 0.190 e. The van der Waals surface area contributed by atoms with Gasteiger partial charge in [0.15, 0.2) is 5.16 Å². The van der Waals surface area contributed by atoms with Crippen molar-refractivity contribution in [1.82, 2.24) is 14.8 Å². The lowest BCUT2D eigenvalue weighted by Gasteiger charge is -2.28. The second-order valence-electron chi connectivity index (χ2n) is 4.22. The van der Waals surface area contributed by atoms with Crippen LogP contribution >= 0.6 is 27.7 Å². The standard InChI is InChI=1S/C11H20BrN3S/c1-5-11(6-2,7-12)8-16-10-14-13-9(3)15(10)4/h5-8H2,1-4H3. The van der Waals surface area contributed by atoms with Crippen molar-refractivity contribution in [3.05, 3.63) is 5.82 Å². The van der Waals surface area contributed by atoms with Gasteiger partial charge in [-0.2, -0.15) is 0 Å². The van der Waals surface area contributed by atoms with E-state index in [4.69, 9.17) is 0 Å². The van der Waals surface area contributed by atoms with Gasteiger partial charge in [0.05, 0.1) is 0 Å². The lowest BCUT2D eigenvalue weighted by Crippen LogP contribution is -2.24. The third-order valence-corrected chi connectivity index (χ3v) is 5.90. The Kier molecular flexibility index (Phi) is 5.31. The fourth-order valence-electron chi connectivity index (χ4n) is 1.41. The van der Waals surface area contributed by atoms with Crippen LogP contribution in [0.25, 0.3) is 0 Å². The number of aromatic nitrogens is 3. The Morgan fingerprint density at radius 1 is 1.31 bits per heavy atom. The molecule has 1 rings (SSSR count). The van der Waals surface area contributed by atoms with E-state index < -0.39 is 0 Å². The summed E-state index contributed by atoms with van der Waals surface area (Å²) in [4.78, 5) is 0. The maximum Gasteiger partial charge on any atom is 0.190 e. The summed E-state index contributed by atoms with van der Waals surface area (Å²) < 4.78 is 2.05. The molecule has 3 nitrogen and oxygen atoms in total. The van der Waals surface area contributed by atoms with Crippen molar-refractivity contribution in [3.63, 3.8) is 0 Å². The van der Waals surface area contributed by atoms with Crippen LogP contribution in [0.15, 0.2) is 5.16 Å². The van der Waals surface area contributed by atoms with E-state index in [0.717, 1.165) is 22.1 Å². The van der Waals surface area contributed by atoms with Crippen LogP contribution in [0.4, 0.5) is 0 Å². The van der Waals surface area contributed by atoms with Crippen molar-refractivity contribution < 1.29 is 0 Å². The predicted molar refractivity (Wildman–Crippen MR) is 73.3 cm³/mol. The molecule has 1 aromatic rings. The maximum atomic E-state index is 4.18. The lowest BCUT2D eigenvalue weighted by atomic mass is 9.87. The van der Waals surface area contributed by atoms with E-state index in [1.54, 1.807) is 0 Å². The van der Waals surface area contributed by atoms with Gasteiger partial charge in [0, 0.05) is 18.1 Å². The van der Waals surface area contributed by atoms with E-state index in [-0.39, 0.29) is 0 Å². The molecule has 5 heteroatoms. The highest BCUT2D eigenvalue weighted by atomic mass is 79.9. The average molecular weight is 306 g/mol. The summed E-state index contributed by atoms with van der Waals surface area (Å²) in [5, 5.41) is 10.3. The third kappa shape index (κ3) is 3.00. The molecule has 0 N–H and O–H groups in total. The molecular weight excluding hydrogens is 286 g/mol. The molecule has 0 unspecified atom stereocenters. The number of rotatable bonds is 6. The first-order valence-electron chi connectivity index (χ1n) is 5.63. The van der Waals surface area contributed by atoms with Crippen LogP contribution in [0.1, 0.15) is 32.5 Å². The van der Waals surface area contributed by atoms with Crippen molar-refractivity contribution >= 4 is 27.7 Å². The van der Waals surface area contributed by atoms with E-state index in [0.29, 0.717) is 5.41 Å². The summed E-state index contributed by atoms with van der Waals surface area (Å²) in [5.74, 6) is 2.07. The number of nitrogens with zero attached hydrogens (tertiary/aromatic N) is 3. The lowest BCUT2D eigenvalue weighted by molar-refractivity contribution is 0.359. The van der Waals surface area contributed by atoms with Crippen LogP contribution in [-0.4, -0.2) is 25.8 Å². The fraction of sp³-hybridized carbons (Fsp3) is 0.818. The van der Waals surface area contributed by atoms with Gasteiger partial charge in [0.25, 0.3) is 0 Å². The zero-order valence-electron chi connectivity index (χ0n) is 10.5. The molecule has 0 amide bonds. The third-order valence-electron chi connectivity index (χ3n) is 3.34. The number of aryl methyl sites for hydroxylation is 1. The molecule has 0 saturated heterocycles. The number of thioether (sulfide) groups is 1. The molecule has 92 valence electrons. The number of hydrogen-bond acceptors (Lipinski definition) is 3. The van der Waals surface area contributed by atoms with Gasteiger partial charge in [-0.15, -0.1) is 10.2 Å². The molecule has 0 aliphatic heterocycles. The molecule has 1 aromatic heterocycles. The van der Waals surface area contributed by atoms with E-state index >= 15 is 0 Å². The highest BCUT2D eigenvalue weighted by Gasteiger charge is 2.25. The summed E-state index contributed by atoms with van der Waals surface area (Å²) >= 11 is 5.44. The molecule has 0 aromatic carbocycles. The molecule has 16 heavy (non-hydrogen) atoms. The zero-order chi connectivity index (χ0) is 12.2. The van der Waals surface area contributed by atoms with E-state index in [9.17, 15) is 0 Å². The van der Waals surface area contributed by atoms with Gasteiger partial charge in [-0.05, 0) is 25.2 Å². The Hall–Kier alpha value is -0.0300. The first-order valence-corrected chi connectivity index (χ1v) is 7.74. The molecule has 0 fully saturated rings. The largest absolute Gasteiger partial charge is 0.309 e. The number of alkyl halides is 1. The summed E-state index contributed by atoms with van der Waals surface area (Å²) in [6.07, 6.45) is 2.39. The Labute approximate surface area is 111 Å². The second kappa shape index (κ2) is 6.05. The van der Waals surface area contributed by atoms with E-state index in [2.05, 4.69) is 44.5 Å².